The van der Waals surface area contributed by atoms with E-state index < -0.39 is 17.1 Å². The second kappa shape index (κ2) is 15.1. The Kier molecular flexibility index (Phi) is 11.0. The molecule has 272 valence electrons. The van der Waals surface area contributed by atoms with Crippen LogP contribution in [0.25, 0.3) is 0 Å². The molecular weight excluding hydrogens is 687 g/mol. The van der Waals surface area contributed by atoms with Crippen molar-refractivity contribution in [2.24, 2.45) is 12.5 Å². The van der Waals surface area contributed by atoms with Gasteiger partial charge in [-0.05, 0) is 84.7 Å². The van der Waals surface area contributed by atoms with Gasteiger partial charge in [-0.2, -0.15) is 5.10 Å². The molecule has 3 atom stereocenters. The highest BCUT2D eigenvalue weighted by Crippen LogP contribution is 2.45. The molecule has 3 aliphatic heterocycles. The lowest BCUT2D eigenvalue weighted by Crippen LogP contribution is -2.61. The van der Waals surface area contributed by atoms with E-state index in [1.54, 1.807) is 18.1 Å². The number of benzene rings is 1. The SMILES string of the molecule is CC(C)N(C(=O)c1cc(F)ccc1Oc1cncnc1N1CC2(CCN(C[C@@H]3CC[C@@H](N(c4cnn(C)c4Cl)S(=O)O)CO3)CC2)C1)C(C)C. The number of halogens is 2. The van der Waals surface area contributed by atoms with Crippen LogP contribution in [0.1, 0.15) is 63.7 Å². The topological polar surface area (TPSA) is 129 Å². The summed E-state index contributed by atoms with van der Waals surface area (Å²) in [5.74, 6) is 0.523. The van der Waals surface area contributed by atoms with Crippen LogP contribution in [0.2, 0.25) is 5.15 Å². The van der Waals surface area contributed by atoms with Gasteiger partial charge in [0, 0.05) is 44.2 Å². The number of amides is 1. The maximum atomic E-state index is 14.4. The molecule has 0 radical (unpaired) electrons. The minimum absolute atomic E-state index is 0.0497. The molecule has 1 aromatic carbocycles. The van der Waals surface area contributed by atoms with Gasteiger partial charge in [0.1, 0.15) is 23.6 Å². The van der Waals surface area contributed by atoms with Gasteiger partial charge in [0.05, 0.1) is 36.7 Å². The summed E-state index contributed by atoms with van der Waals surface area (Å²) < 4.78 is 52.0. The average Bonchev–Trinajstić information content (AvgIpc) is 3.38. The third kappa shape index (κ3) is 7.61. The molecular formula is C34H46ClFN8O5S. The van der Waals surface area contributed by atoms with E-state index in [0.29, 0.717) is 35.4 Å². The van der Waals surface area contributed by atoms with E-state index in [-0.39, 0.29) is 46.9 Å². The molecule has 3 aromatic rings. The Morgan fingerprint density at radius 2 is 1.88 bits per heavy atom. The van der Waals surface area contributed by atoms with Crippen molar-refractivity contribution in [3.8, 4) is 11.5 Å². The molecule has 6 rings (SSSR count). The molecule has 0 aliphatic carbocycles. The summed E-state index contributed by atoms with van der Waals surface area (Å²) in [6, 6.07) is 3.58. The summed E-state index contributed by atoms with van der Waals surface area (Å²) in [5.41, 5.74) is 0.747. The molecule has 1 spiro atoms. The Morgan fingerprint density at radius 3 is 2.48 bits per heavy atom. The zero-order valence-corrected chi connectivity index (χ0v) is 30.7. The number of anilines is 2. The molecule has 3 saturated heterocycles. The Labute approximate surface area is 300 Å². The molecule has 3 aliphatic rings. The van der Waals surface area contributed by atoms with E-state index in [9.17, 15) is 17.9 Å². The maximum absolute atomic E-state index is 14.4. The van der Waals surface area contributed by atoms with Gasteiger partial charge in [-0.1, -0.05) is 11.6 Å². The van der Waals surface area contributed by atoms with Crippen molar-refractivity contribution in [3.05, 3.63) is 53.5 Å². The summed E-state index contributed by atoms with van der Waals surface area (Å²) in [6.07, 6.45) is 8.19. The molecule has 0 bridgehead atoms. The molecule has 50 heavy (non-hydrogen) atoms. The standard InChI is InChI=1S/C34H46ClFN8O5S/c1-22(2)43(23(3)4)33(45)27-14-24(36)6-9-29(27)49-30-16-37-21-38-32(30)42-19-34(20-42)10-12-41(13-11-34)17-26-8-7-25(18-48-26)44(50(46)47)28-15-39-40(5)31(28)35/h6,9,14-16,21-23,25-26H,7-8,10-13,17-20H2,1-5H3,(H,46,47)/t25-,26+/m1/s1. The van der Waals surface area contributed by atoms with E-state index in [1.165, 1.54) is 39.7 Å². The van der Waals surface area contributed by atoms with E-state index in [2.05, 4.69) is 24.9 Å². The summed E-state index contributed by atoms with van der Waals surface area (Å²) in [6.45, 7) is 12.4. The lowest BCUT2D eigenvalue weighted by molar-refractivity contribution is -0.0270. The van der Waals surface area contributed by atoms with Crippen molar-refractivity contribution in [2.45, 2.75) is 77.6 Å². The normalized spacial score (nSPS) is 21.4. The summed E-state index contributed by atoms with van der Waals surface area (Å²) in [5, 5.41) is 4.42. The number of carbonyl (C=O) groups is 1. The van der Waals surface area contributed by atoms with Gasteiger partial charge in [-0.3, -0.25) is 18.3 Å². The highest BCUT2D eigenvalue weighted by Gasteiger charge is 2.46. The van der Waals surface area contributed by atoms with Crippen LogP contribution in [0.15, 0.2) is 36.9 Å². The van der Waals surface area contributed by atoms with Gasteiger partial charge in [0.15, 0.2) is 16.7 Å². The average molecular weight is 733 g/mol. The quantitative estimate of drug-likeness (QED) is 0.265. The monoisotopic (exact) mass is 732 g/mol. The van der Waals surface area contributed by atoms with Crippen molar-refractivity contribution in [1.82, 2.24) is 29.5 Å². The molecule has 0 saturated carbocycles. The van der Waals surface area contributed by atoms with Crippen LogP contribution in [0.5, 0.6) is 11.5 Å². The lowest BCUT2D eigenvalue weighted by atomic mass is 9.72. The van der Waals surface area contributed by atoms with E-state index in [1.807, 2.05) is 27.7 Å². The van der Waals surface area contributed by atoms with Crippen molar-refractivity contribution in [1.29, 1.82) is 0 Å². The van der Waals surface area contributed by atoms with Crippen molar-refractivity contribution >= 4 is 40.3 Å². The highest BCUT2D eigenvalue weighted by molar-refractivity contribution is 7.80. The second-order valence-electron chi connectivity index (χ2n) is 14.2. The number of aryl methyl sites for hydroxylation is 1. The fourth-order valence-electron chi connectivity index (χ4n) is 7.52. The lowest BCUT2D eigenvalue weighted by Gasteiger charge is -2.54. The fraction of sp³-hybridized carbons (Fsp3) is 0.588. The van der Waals surface area contributed by atoms with Gasteiger partial charge in [0.2, 0.25) is 0 Å². The summed E-state index contributed by atoms with van der Waals surface area (Å²) >= 11 is 4.07. The molecule has 16 heteroatoms. The first kappa shape index (κ1) is 36.4. The molecule has 1 amide bonds. The van der Waals surface area contributed by atoms with Crippen LogP contribution in [0.4, 0.5) is 15.9 Å². The number of piperidine rings is 1. The first-order valence-corrected chi connectivity index (χ1v) is 18.6. The molecule has 2 aromatic heterocycles. The van der Waals surface area contributed by atoms with Crippen LogP contribution < -0.4 is 13.9 Å². The molecule has 3 fully saturated rings. The number of likely N-dealkylation sites (tertiary alicyclic amines) is 1. The van der Waals surface area contributed by atoms with Crippen LogP contribution in [0.3, 0.4) is 0 Å². The Hall–Kier alpha value is -3.37. The molecule has 13 nitrogen and oxygen atoms in total. The van der Waals surface area contributed by atoms with Crippen molar-refractivity contribution in [3.63, 3.8) is 0 Å². The summed E-state index contributed by atoms with van der Waals surface area (Å²) in [7, 11) is 1.69. The van der Waals surface area contributed by atoms with Gasteiger partial charge < -0.3 is 24.2 Å². The number of hydrogen-bond donors (Lipinski definition) is 1. The predicted octanol–water partition coefficient (Wildman–Crippen LogP) is 5.15. The smallest absolute Gasteiger partial charge is 0.262 e. The largest absolute Gasteiger partial charge is 0.451 e. The minimum Gasteiger partial charge on any atom is -0.451 e. The summed E-state index contributed by atoms with van der Waals surface area (Å²) in [4.78, 5) is 28.6. The predicted molar refractivity (Wildman–Crippen MR) is 189 cm³/mol. The van der Waals surface area contributed by atoms with Crippen molar-refractivity contribution in [2.75, 3.05) is 48.5 Å². The zero-order valence-electron chi connectivity index (χ0n) is 29.2. The number of rotatable bonds is 11. The number of ether oxygens (including phenoxy) is 2. The third-order valence-corrected chi connectivity index (χ3v) is 11.3. The van der Waals surface area contributed by atoms with Crippen LogP contribution >= 0.6 is 11.6 Å². The minimum atomic E-state index is -2.25. The molecule has 1 N–H and O–H groups in total. The number of hydrogen-bond acceptors (Lipinski definition) is 9. The van der Waals surface area contributed by atoms with Crippen LogP contribution in [0, 0.1) is 11.2 Å². The van der Waals surface area contributed by atoms with E-state index in [4.69, 9.17) is 21.1 Å². The van der Waals surface area contributed by atoms with Gasteiger partial charge in [-0.25, -0.2) is 18.6 Å². The molecule has 5 heterocycles. The number of aromatic nitrogens is 4. The second-order valence-corrected chi connectivity index (χ2v) is 15.4. The van der Waals surface area contributed by atoms with Gasteiger partial charge in [-0.15, -0.1) is 0 Å². The van der Waals surface area contributed by atoms with E-state index in [0.717, 1.165) is 52.0 Å². The Balaban J connectivity index is 1.03. The van der Waals surface area contributed by atoms with Gasteiger partial charge >= 0.3 is 0 Å². The third-order valence-electron chi connectivity index (χ3n) is 10.1. The van der Waals surface area contributed by atoms with Crippen LogP contribution in [-0.4, -0.2) is 108 Å². The maximum Gasteiger partial charge on any atom is 0.262 e. The molecule has 1 unspecified atom stereocenters. The Bertz CT molecular complexity index is 1680. The Morgan fingerprint density at radius 1 is 1.16 bits per heavy atom. The van der Waals surface area contributed by atoms with Crippen molar-refractivity contribution < 1.29 is 27.4 Å². The van der Waals surface area contributed by atoms with Gasteiger partial charge in [0.25, 0.3) is 17.2 Å². The highest BCUT2D eigenvalue weighted by atomic mass is 35.5. The number of nitrogens with zero attached hydrogens (tertiary/aromatic N) is 8. The first-order chi connectivity index (χ1) is 23.9. The zero-order chi connectivity index (χ0) is 35.7. The van der Waals surface area contributed by atoms with Crippen LogP contribution in [-0.2, 0) is 23.1 Å². The first-order valence-electron chi connectivity index (χ1n) is 17.1. The number of carbonyl (C=O) groups excluding carboxylic acids is 1. The fourth-order valence-corrected chi connectivity index (χ4v) is 8.47. The van der Waals surface area contributed by atoms with E-state index >= 15 is 0 Å².